The third kappa shape index (κ3) is 5.53. The van der Waals surface area contributed by atoms with Crippen LogP contribution in [0.5, 0.6) is 0 Å². The Labute approximate surface area is 191 Å². The molecule has 2 amide bonds. The molecule has 32 heavy (non-hydrogen) atoms. The second kappa shape index (κ2) is 9.80. The maximum absolute atomic E-state index is 12.7. The van der Waals surface area contributed by atoms with E-state index in [0.29, 0.717) is 21.8 Å². The summed E-state index contributed by atoms with van der Waals surface area (Å²) in [6.45, 7) is 8.02. The van der Waals surface area contributed by atoms with E-state index in [9.17, 15) is 22.8 Å². The number of amides is 2. The first kappa shape index (κ1) is 25.5. The van der Waals surface area contributed by atoms with Crippen molar-refractivity contribution in [3.63, 3.8) is 0 Å². The first-order valence-corrected chi connectivity index (χ1v) is 11.9. The number of hydrogen-bond acceptors (Lipinski definition) is 7. The zero-order valence-corrected chi connectivity index (χ0v) is 20.7. The van der Waals surface area contributed by atoms with E-state index in [1.165, 1.54) is 51.4 Å². The normalized spacial score (nSPS) is 12.4. The molecule has 1 atom stereocenters. The number of aryl methyl sites for hydroxylation is 2. The molecule has 0 saturated carbocycles. The van der Waals surface area contributed by atoms with Crippen LogP contribution in [0.25, 0.3) is 0 Å². The summed E-state index contributed by atoms with van der Waals surface area (Å²) < 4.78 is 31.2. The lowest BCUT2D eigenvalue weighted by Gasteiger charge is -2.17. The largest absolute Gasteiger partial charge is 0.449 e. The van der Waals surface area contributed by atoms with Crippen LogP contribution in [0.4, 0.5) is 10.7 Å². The van der Waals surface area contributed by atoms with E-state index in [1.807, 2.05) is 6.92 Å². The lowest BCUT2D eigenvalue weighted by Crippen LogP contribution is -2.30. The molecule has 0 radical (unpaired) electrons. The number of nitrogens with zero attached hydrogens (tertiary/aromatic N) is 1. The molecule has 1 unspecified atom stereocenters. The Kier molecular flexibility index (Phi) is 7.81. The number of anilines is 2. The summed E-state index contributed by atoms with van der Waals surface area (Å²) >= 11 is 1.25. The third-order valence-electron chi connectivity index (χ3n) is 4.78. The Hall–Kier alpha value is -2.76. The van der Waals surface area contributed by atoms with Crippen molar-refractivity contribution >= 4 is 49.8 Å². The minimum absolute atomic E-state index is 0.0253. The van der Waals surface area contributed by atoms with Crippen LogP contribution in [0.3, 0.4) is 0 Å². The molecule has 2 rings (SSSR count). The van der Waals surface area contributed by atoms with E-state index >= 15 is 0 Å². The molecule has 0 aliphatic carbocycles. The van der Waals surface area contributed by atoms with E-state index in [4.69, 9.17) is 4.74 Å². The minimum atomic E-state index is -3.68. The Balaban J connectivity index is 2.21. The highest BCUT2D eigenvalue weighted by molar-refractivity contribution is 7.89. The van der Waals surface area contributed by atoms with Crippen molar-refractivity contribution in [2.75, 3.05) is 24.7 Å². The fraction of sp³-hybridized carbons (Fsp3) is 0.381. The summed E-state index contributed by atoms with van der Waals surface area (Å²) in [7, 11) is -0.851. The number of hydrogen-bond donors (Lipinski definition) is 2. The molecular formula is C21H27N3O6S2. The van der Waals surface area contributed by atoms with E-state index in [2.05, 4.69) is 10.6 Å². The highest BCUT2D eigenvalue weighted by Gasteiger charge is 2.26. The number of thiophene rings is 1. The molecule has 174 valence electrons. The van der Waals surface area contributed by atoms with Crippen LogP contribution in [0.15, 0.2) is 23.1 Å². The zero-order chi connectivity index (χ0) is 24.4. The SMILES string of the molecule is CC(=O)Nc1sc(C)c(C)c1C(=O)OC(C)C(=O)Nc1cc(S(=O)(=O)N(C)C)ccc1C. The van der Waals surface area contributed by atoms with E-state index in [1.54, 1.807) is 19.9 Å². The zero-order valence-electron chi connectivity index (χ0n) is 19.0. The number of sulfonamides is 1. The van der Waals surface area contributed by atoms with Crippen molar-refractivity contribution in [2.24, 2.45) is 0 Å². The average molecular weight is 482 g/mol. The summed E-state index contributed by atoms with van der Waals surface area (Å²) in [6.07, 6.45) is -1.17. The van der Waals surface area contributed by atoms with Gasteiger partial charge in [-0.25, -0.2) is 17.5 Å². The molecule has 0 aliphatic heterocycles. The predicted molar refractivity (Wildman–Crippen MR) is 124 cm³/mol. The van der Waals surface area contributed by atoms with Gasteiger partial charge in [0.2, 0.25) is 15.9 Å². The number of carbonyl (C=O) groups excluding carboxylic acids is 3. The number of rotatable bonds is 7. The first-order valence-electron chi connectivity index (χ1n) is 9.68. The van der Waals surface area contributed by atoms with Crippen LogP contribution >= 0.6 is 11.3 Å². The van der Waals surface area contributed by atoms with Gasteiger partial charge in [-0.3, -0.25) is 9.59 Å². The van der Waals surface area contributed by atoms with Crippen molar-refractivity contribution in [1.82, 2.24) is 4.31 Å². The smallest absolute Gasteiger partial charge is 0.342 e. The molecule has 0 spiro atoms. The molecule has 0 aliphatic rings. The highest BCUT2D eigenvalue weighted by atomic mass is 32.2. The average Bonchev–Trinajstić information content (AvgIpc) is 2.95. The topological polar surface area (TPSA) is 122 Å². The minimum Gasteiger partial charge on any atom is -0.449 e. The predicted octanol–water partition coefficient (Wildman–Crippen LogP) is 3.07. The van der Waals surface area contributed by atoms with Gasteiger partial charge in [-0.15, -0.1) is 11.3 Å². The first-order chi connectivity index (χ1) is 14.7. The number of nitrogens with one attached hydrogen (secondary N) is 2. The van der Waals surface area contributed by atoms with E-state index in [-0.39, 0.29) is 16.4 Å². The molecule has 1 heterocycles. The van der Waals surface area contributed by atoms with Crippen LogP contribution in [0.1, 0.15) is 40.2 Å². The van der Waals surface area contributed by atoms with Gasteiger partial charge >= 0.3 is 5.97 Å². The molecule has 2 aromatic rings. The maximum Gasteiger partial charge on any atom is 0.342 e. The van der Waals surface area contributed by atoms with Gasteiger partial charge in [0.15, 0.2) is 6.10 Å². The van der Waals surface area contributed by atoms with Crippen molar-refractivity contribution < 1.29 is 27.5 Å². The standard InChI is InChI=1S/C21H27N3O6S2/c1-11-8-9-16(32(28,29)24(6)7)10-17(11)23-19(26)13(3)30-21(27)18-12(2)14(4)31-20(18)22-15(5)25/h8-10,13H,1-7H3,(H,22,25)(H,23,26). The lowest BCUT2D eigenvalue weighted by molar-refractivity contribution is -0.123. The second-order valence-electron chi connectivity index (χ2n) is 7.47. The summed E-state index contributed by atoms with van der Waals surface area (Å²) in [5.41, 5.74) is 1.81. The molecule has 1 aromatic heterocycles. The van der Waals surface area contributed by atoms with Gasteiger partial charge in [-0.2, -0.15) is 0 Å². The summed E-state index contributed by atoms with van der Waals surface area (Å²) in [5, 5.41) is 5.59. The van der Waals surface area contributed by atoms with Gasteiger partial charge in [0.1, 0.15) is 5.00 Å². The second-order valence-corrected chi connectivity index (χ2v) is 10.8. The maximum atomic E-state index is 12.7. The van der Waals surface area contributed by atoms with Gasteiger partial charge in [-0.1, -0.05) is 6.07 Å². The molecule has 1 aromatic carbocycles. The molecule has 0 saturated heterocycles. The lowest BCUT2D eigenvalue weighted by atomic mass is 10.1. The molecule has 9 nitrogen and oxygen atoms in total. The highest BCUT2D eigenvalue weighted by Crippen LogP contribution is 2.33. The van der Waals surface area contributed by atoms with Gasteiger partial charge < -0.3 is 15.4 Å². The van der Waals surface area contributed by atoms with Crippen molar-refractivity contribution in [3.8, 4) is 0 Å². The van der Waals surface area contributed by atoms with Crippen molar-refractivity contribution in [3.05, 3.63) is 39.8 Å². The molecule has 0 fully saturated rings. The van der Waals surface area contributed by atoms with Gasteiger partial charge in [0.05, 0.1) is 10.5 Å². The summed E-state index contributed by atoms with van der Waals surface area (Å²) in [5.74, 6) is -1.68. The van der Waals surface area contributed by atoms with Gasteiger partial charge in [0, 0.05) is 31.6 Å². The number of benzene rings is 1. The van der Waals surface area contributed by atoms with Gasteiger partial charge in [-0.05, 0) is 51.0 Å². The fourth-order valence-electron chi connectivity index (χ4n) is 2.74. The number of carbonyl (C=O) groups is 3. The quantitative estimate of drug-likeness (QED) is 0.586. The Morgan fingerprint density at radius 3 is 2.28 bits per heavy atom. The van der Waals surface area contributed by atoms with Gasteiger partial charge in [0.25, 0.3) is 5.91 Å². The van der Waals surface area contributed by atoms with E-state index in [0.717, 1.165) is 9.18 Å². The molecule has 0 bridgehead atoms. The van der Waals surface area contributed by atoms with Crippen LogP contribution in [0.2, 0.25) is 0 Å². The van der Waals surface area contributed by atoms with Crippen LogP contribution in [-0.2, 0) is 24.3 Å². The molecule has 2 N–H and O–H groups in total. The Morgan fingerprint density at radius 2 is 1.72 bits per heavy atom. The monoisotopic (exact) mass is 481 g/mol. The fourth-order valence-corrected chi connectivity index (χ4v) is 4.76. The van der Waals surface area contributed by atoms with Crippen molar-refractivity contribution in [1.29, 1.82) is 0 Å². The van der Waals surface area contributed by atoms with Crippen LogP contribution in [0, 0.1) is 20.8 Å². The Morgan fingerprint density at radius 1 is 1.09 bits per heavy atom. The number of ether oxygens (including phenoxy) is 1. The van der Waals surface area contributed by atoms with Crippen molar-refractivity contribution in [2.45, 2.75) is 45.6 Å². The molecule has 11 heteroatoms. The molecular weight excluding hydrogens is 454 g/mol. The third-order valence-corrected chi connectivity index (χ3v) is 7.71. The van der Waals surface area contributed by atoms with Crippen LogP contribution in [-0.4, -0.2) is 50.7 Å². The summed E-state index contributed by atoms with van der Waals surface area (Å²) in [4.78, 5) is 37.7. The van der Waals surface area contributed by atoms with Crippen LogP contribution < -0.4 is 10.6 Å². The summed E-state index contributed by atoms with van der Waals surface area (Å²) in [6, 6.07) is 4.40. The Bertz CT molecular complexity index is 1170. The number of esters is 1. The van der Waals surface area contributed by atoms with E-state index < -0.39 is 28.0 Å².